The highest BCUT2D eigenvalue weighted by Crippen LogP contribution is 2.14. The lowest BCUT2D eigenvalue weighted by Gasteiger charge is -2.18. The molecule has 0 aromatic heterocycles. The molecule has 0 aromatic rings. The first-order valence-corrected chi connectivity index (χ1v) is 26.9. The van der Waals surface area contributed by atoms with Crippen LogP contribution in [0.1, 0.15) is 258 Å². The zero-order valence-corrected chi connectivity index (χ0v) is 42.0. The van der Waals surface area contributed by atoms with Crippen molar-refractivity contribution in [3.8, 4) is 0 Å². The molecule has 0 N–H and O–H groups in total. The maximum Gasteiger partial charge on any atom is 0.306 e. The first-order chi connectivity index (χ1) is 31.5. The highest BCUT2D eigenvalue weighted by Gasteiger charge is 2.19. The number of carbonyl (C=O) groups is 3. The van der Waals surface area contributed by atoms with E-state index in [1.54, 1.807) is 0 Å². The van der Waals surface area contributed by atoms with E-state index in [4.69, 9.17) is 14.2 Å². The van der Waals surface area contributed by atoms with Gasteiger partial charge < -0.3 is 14.2 Å². The Hall–Kier alpha value is -3.15. The summed E-state index contributed by atoms with van der Waals surface area (Å²) >= 11 is 0. The summed E-state index contributed by atoms with van der Waals surface area (Å²) in [6.07, 6.45) is 66.0. The van der Waals surface area contributed by atoms with E-state index in [9.17, 15) is 14.4 Å². The van der Waals surface area contributed by atoms with Gasteiger partial charge >= 0.3 is 17.9 Å². The fourth-order valence-electron chi connectivity index (χ4n) is 7.27. The van der Waals surface area contributed by atoms with Crippen LogP contribution in [0.15, 0.2) is 72.9 Å². The van der Waals surface area contributed by atoms with Crippen LogP contribution >= 0.6 is 0 Å². The van der Waals surface area contributed by atoms with E-state index >= 15 is 0 Å². The lowest BCUT2D eigenvalue weighted by atomic mass is 10.1. The number of ether oxygens (including phenoxy) is 3. The van der Waals surface area contributed by atoms with E-state index in [-0.39, 0.29) is 31.1 Å². The Bertz CT molecular complexity index is 1210. The van der Waals surface area contributed by atoms with E-state index in [0.717, 1.165) is 109 Å². The molecule has 0 aliphatic rings. The number of rotatable bonds is 48. The van der Waals surface area contributed by atoms with Crippen LogP contribution in [-0.2, 0) is 28.6 Å². The predicted molar refractivity (Wildman–Crippen MR) is 274 cm³/mol. The van der Waals surface area contributed by atoms with Crippen molar-refractivity contribution in [3.05, 3.63) is 72.9 Å². The van der Waals surface area contributed by atoms with Gasteiger partial charge in [0, 0.05) is 19.3 Å². The lowest BCUT2D eigenvalue weighted by molar-refractivity contribution is -0.167. The van der Waals surface area contributed by atoms with Crippen molar-refractivity contribution in [2.24, 2.45) is 0 Å². The monoisotopic (exact) mass is 893 g/mol. The van der Waals surface area contributed by atoms with Crippen LogP contribution in [0.3, 0.4) is 0 Å². The maximum atomic E-state index is 12.8. The number of hydrogen-bond donors (Lipinski definition) is 0. The summed E-state index contributed by atoms with van der Waals surface area (Å²) in [4.78, 5) is 38.0. The molecule has 0 radical (unpaired) electrons. The van der Waals surface area contributed by atoms with Crippen LogP contribution in [0.25, 0.3) is 0 Å². The Morgan fingerprint density at radius 2 is 0.578 bits per heavy atom. The van der Waals surface area contributed by atoms with Gasteiger partial charge in [-0.15, -0.1) is 0 Å². The van der Waals surface area contributed by atoms with Gasteiger partial charge in [-0.1, -0.05) is 209 Å². The Morgan fingerprint density at radius 1 is 0.312 bits per heavy atom. The second kappa shape index (κ2) is 52.5. The van der Waals surface area contributed by atoms with Gasteiger partial charge in [-0.05, 0) is 103 Å². The second-order valence-corrected chi connectivity index (χ2v) is 17.8. The Morgan fingerprint density at radius 3 is 0.938 bits per heavy atom. The smallest absolute Gasteiger partial charge is 0.306 e. The molecule has 0 spiro atoms. The molecule has 0 aliphatic heterocycles. The minimum Gasteiger partial charge on any atom is -0.462 e. The zero-order chi connectivity index (χ0) is 46.5. The van der Waals surface area contributed by atoms with Gasteiger partial charge in [-0.3, -0.25) is 14.4 Å². The number of unbranched alkanes of at least 4 members (excludes halogenated alkanes) is 25. The van der Waals surface area contributed by atoms with Gasteiger partial charge in [0.05, 0.1) is 0 Å². The largest absolute Gasteiger partial charge is 0.462 e. The number of hydrogen-bond acceptors (Lipinski definition) is 6. The molecular formula is C58H100O6. The first-order valence-electron chi connectivity index (χ1n) is 26.9. The van der Waals surface area contributed by atoms with Crippen LogP contribution in [0.4, 0.5) is 0 Å². The molecule has 0 fully saturated rings. The minimum atomic E-state index is -0.791. The summed E-state index contributed by atoms with van der Waals surface area (Å²) < 4.78 is 16.8. The molecule has 0 saturated carbocycles. The number of carbonyl (C=O) groups excluding carboxylic acids is 3. The molecule has 368 valence electrons. The molecule has 0 bridgehead atoms. The van der Waals surface area contributed by atoms with Crippen LogP contribution in [0.5, 0.6) is 0 Å². The van der Waals surface area contributed by atoms with Crippen LogP contribution in [-0.4, -0.2) is 37.2 Å². The molecule has 0 aliphatic carbocycles. The van der Waals surface area contributed by atoms with E-state index in [1.165, 1.54) is 109 Å². The summed E-state index contributed by atoms with van der Waals surface area (Å²) in [5.74, 6) is -0.924. The average molecular weight is 893 g/mol. The average Bonchev–Trinajstić information content (AvgIpc) is 3.29. The van der Waals surface area contributed by atoms with Crippen LogP contribution in [0, 0.1) is 0 Å². The first kappa shape index (κ1) is 60.9. The van der Waals surface area contributed by atoms with Crippen molar-refractivity contribution in [2.75, 3.05) is 13.2 Å². The third-order valence-corrected chi connectivity index (χ3v) is 11.4. The third-order valence-electron chi connectivity index (χ3n) is 11.4. The molecule has 0 amide bonds. The van der Waals surface area contributed by atoms with E-state index < -0.39 is 6.10 Å². The van der Waals surface area contributed by atoms with Crippen molar-refractivity contribution in [1.82, 2.24) is 0 Å². The fraction of sp³-hybridized carbons (Fsp3) is 0.741. The van der Waals surface area contributed by atoms with Crippen molar-refractivity contribution in [3.63, 3.8) is 0 Å². The molecule has 1 unspecified atom stereocenters. The molecular weight excluding hydrogens is 793 g/mol. The topological polar surface area (TPSA) is 78.9 Å². The zero-order valence-electron chi connectivity index (χ0n) is 42.0. The summed E-state index contributed by atoms with van der Waals surface area (Å²) in [6, 6.07) is 0. The van der Waals surface area contributed by atoms with Crippen LogP contribution in [0.2, 0.25) is 0 Å². The standard InChI is InChI=1S/C58H100O6/c1-4-7-10-13-16-19-22-24-26-27-28-29-30-31-32-34-36-39-42-45-48-51-57(60)63-54-55(53-62-56(59)50-47-44-41-38-35-21-18-15-12-9-6-3)64-58(61)52-49-46-43-40-37-33-25-23-20-17-14-11-8-5-2/h14-15,17-18,22-25,27-28,30-31,55H,4-13,16,19-21,26,29,32-54H2,1-3H3/b17-14-,18-15-,24-22-,25-23-,28-27-,31-30-. The van der Waals surface area contributed by atoms with Crippen molar-refractivity contribution in [1.29, 1.82) is 0 Å². The highest BCUT2D eigenvalue weighted by molar-refractivity contribution is 5.71. The molecule has 0 heterocycles. The summed E-state index contributed by atoms with van der Waals surface area (Å²) in [5.41, 5.74) is 0. The normalized spacial score (nSPS) is 12.6. The highest BCUT2D eigenvalue weighted by atomic mass is 16.6. The number of allylic oxidation sites excluding steroid dienone is 12. The SMILES string of the molecule is CCCC/C=C\C/C=C\CCCCCCCC(=O)OC(COC(=O)CCCCCCC/C=C\CCCC)COC(=O)CCCCCCCC/C=C\C/C=C\C/C=C\CCCCCCC. The molecule has 0 aromatic carbocycles. The molecule has 6 nitrogen and oxygen atoms in total. The summed E-state index contributed by atoms with van der Waals surface area (Å²) in [5, 5.41) is 0. The van der Waals surface area contributed by atoms with Crippen molar-refractivity contribution >= 4 is 17.9 Å². The minimum absolute atomic E-state index is 0.0902. The van der Waals surface area contributed by atoms with Gasteiger partial charge in [0.1, 0.15) is 13.2 Å². The van der Waals surface area contributed by atoms with Gasteiger partial charge in [0.15, 0.2) is 6.10 Å². The molecule has 1 atom stereocenters. The van der Waals surface area contributed by atoms with Crippen molar-refractivity contribution in [2.45, 2.75) is 264 Å². The lowest BCUT2D eigenvalue weighted by Crippen LogP contribution is -2.30. The van der Waals surface area contributed by atoms with Gasteiger partial charge in [0.25, 0.3) is 0 Å². The Labute approximate surface area is 395 Å². The van der Waals surface area contributed by atoms with E-state index in [0.29, 0.717) is 19.3 Å². The second-order valence-electron chi connectivity index (χ2n) is 17.8. The predicted octanol–water partition coefficient (Wildman–Crippen LogP) is 17.8. The molecule has 0 saturated heterocycles. The fourth-order valence-corrected chi connectivity index (χ4v) is 7.27. The third kappa shape index (κ3) is 49.9. The molecule has 64 heavy (non-hydrogen) atoms. The molecule has 0 rings (SSSR count). The molecule has 6 heteroatoms. The van der Waals surface area contributed by atoms with Crippen LogP contribution < -0.4 is 0 Å². The summed E-state index contributed by atoms with van der Waals surface area (Å²) in [6.45, 7) is 6.52. The van der Waals surface area contributed by atoms with E-state index in [1.807, 2.05) is 0 Å². The number of esters is 3. The van der Waals surface area contributed by atoms with Gasteiger partial charge in [-0.25, -0.2) is 0 Å². The van der Waals surface area contributed by atoms with Gasteiger partial charge in [0.2, 0.25) is 0 Å². The quantitative estimate of drug-likeness (QED) is 0.0262. The summed E-state index contributed by atoms with van der Waals surface area (Å²) in [7, 11) is 0. The van der Waals surface area contributed by atoms with E-state index in [2.05, 4.69) is 93.7 Å². The Balaban J connectivity index is 4.37. The van der Waals surface area contributed by atoms with Crippen molar-refractivity contribution < 1.29 is 28.6 Å². The van der Waals surface area contributed by atoms with Gasteiger partial charge in [-0.2, -0.15) is 0 Å². The maximum absolute atomic E-state index is 12.8. The Kier molecular flexibility index (Phi) is 49.9.